The number of rotatable bonds is 2. The molecule has 0 aromatic heterocycles. The van der Waals surface area contributed by atoms with Gasteiger partial charge in [-0.15, -0.1) is 12.4 Å². The lowest BCUT2D eigenvalue weighted by Crippen LogP contribution is -2.11. The topological polar surface area (TPSA) is 26.0 Å². The van der Waals surface area contributed by atoms with E-state index in [1.54, 1.807) is 6.07 Å². The van der Waals surface area contributed by atoms with Crippen LogP contribution in [-0.2, 0) is 0 Å². The Morgan fingerprint density at radius 3 is 2.38 bits per heavy atom. The molecule has 0 saturated carbocycles. The Hall–Kier alpha value is 0.360. The number of hydrogen-bond acceptors (Lipinski definition) is 1. The third-order valence-corrected chi connectivity index (χ3v) is 3.42. The second-order valence-electron chi connectivity index (χ2n) is 2.43. The molecule has 0 spiro atoms. The fourth-order valence-corrected chi connectivity index (χ4v) is 1.48. The summed E-state index contributed by atoms with van der Waals surface area (Å²) in [6.07, 6.45) is 0. The van der Waals surface area contributed by atoms with Crippen molar-refractivity contribution in [2.45, 2.75) is 6.04 Å². The van der Waals surface area contributed by atoms with E-state index in [4.69, 9.17) is 5.73 Å². The van der Waals surface area contributed by atoms with E-state index in [0.29, 0.717) is 0 Å². The molecule has 0 amide bonds. The summed E-state index contributed by atoms with van der Waals surface area (Å²) in [6.45, 7) is -0.534. The highest BCUT2D eigenvalue weighted by atomic mass is 79.9. The van der Waals surface area contributed by atoms with Crippen LogP contribution in [0.15, 0.2) is 27.1 Å². The van der Waals surface area contributed by atoms with Gasteiger partial charge in [0.05, 0.1) is 6.04 Å². The molecule has 1 aromatic rings. The smallest absolute Gasteiger partial charge is 0.109 e. The van der Waals surface area contributed by atoms with Crippen LogP contribution in [0.2, 0.25) is 0 Å². The van der Waals surface area contributed by atoms with Gasteiger partial charge in [0.25, 0.3) is 0 Å². The van der Waals surface area contributed by atoms with Gasteiger partial charge in [0, 0.05) is 8.95 Å². The Balaban J connectivity index is 0.00000144. The molecule has 0 bridgehead atoms. The van der Waals surface area contributed by atoms with Gasteiger partial charge in [-0.1, -0.05) is 6.07 Å². The summed E-state index contributed by atoms with van der Waals surface area (Å²) in [4.78, 5) is 0. The highest BCUT2D eigenvalue weighted by Gasteiger charge is 2.06. The fraction of sp³-hybridized carbons (Fsp3) is 0.250. The number of benzene rings is 1. The zero-order chi connectivity index (χ0) is 9.14. The first-order chi connectivity index (χ1) is 5.65. The van der Waals surface area contributed by atoms with Crippen molar-refractivity contribution in [2.75, 3.05) is 6.67 Å². The lowest BCUT2D eigenvalue weighted by atomic mass is 10.1. The third-order valence-electron chi connectivity index (χ3n) is 1.54. The van der Waals surface area contributed by atoms with Gasteiger partial charge in [0.15, 0.2) is 0 Å². The van der Waals surface area contributed by atoms with Crippen molar-refractivity contribution >= 4 is 44.3 Å². The zero-order valence-corrected chi connectivity index (χ0v) is 10.6. The summed E-state index contributed by atoms with van der Waals surface area (Å²) in [7, 11) is 0. The number of hydrogen-bond donors (Lipinski definition) is 1. The van der Waals surface area contributed by atoms with Crippen molar-refractivity contribution in [3.8, 4) is 0 Å². The minimum atomic E-state index is -0.534. The SMILES string of the molecule is Cl.N[C@H](CF)c1ccc(Br)c(Br)c1. The van der Waals surface area contributed by atoms with E-state index in [1.165, 1.54) is 0 Å². The van der Waals surface area contributed by atoms with Gasteiger partial charge in [-0.25, -0.2) is 4.39 Å². The molecule has 1 aromatic carbocycles. The minimum Gasteiger partial charge on any atom is -0.322 e. The zero-order valence-electron chi connectivity index (χ0n) is 6.64. The summed E-state index contributed by atoms with van der Waals surface area (Å²) in [5.41, 5.74) is 6.30. The Kier molecular flexibility index (Phi) is 6.12. The maximum absolute atomic E-state index is 12.2. The average molecular weight is 333 g/mol. The van der Waals surface area contributed by atoms with Crippen LogP contribution in [0, 0.1) is 0 Å². The molecule has 0 fully saturated rings. The van der Waals surface area contributed by atoms with Crippen molar-refractivity contribution in [1.82, 2.24) is 0 Å². The van der Waals surface area contributed by atoms with Gasteiger partial charge in [-0.05, 0) is 49.6 Å². The molecular formula is C8H9Br2ClFN. The Morgan fingerprint density at radius 1 is 1.31 bits per heavy atom. The van der Waals surface area contributed by atoms with Crippen LogP contribution in [0.1, 0.15) is 11.6 Å². The summed E-state index contributed by atoms with van der Waals surface area (Å²) in [5, 5.41) is 0. The molecule has 0 aliphatic rings. The predicted molar refractivity (Wildman–Crippen MR) is 62.0 cm³/mol. The van der Waals surface area contributed by atoms with E-state index in [1.807, 2.05) is 12.1 Å². The molecule has 0 saturated heterocycles. The number of alkyl halides is 1. The monoisotopic (exact) mass is 331 g/mol. The highest BCUT2D eigenvalue weighted by Crippen LogP contribution is 2.25. The molecule has 1 rings (SSSR count). The van der Waals surface area contributed by atoms with Crippen LogP contribution < -0.4 is 5.73 Å². The van der Waals surface area contributed by atoms with Gasteiger partial charge in [-0.3, -0.25) is 0 Å². The van der Waals surface area contributed by atoms with Gasteiger partial charge in [-0.2, -0.15) is 0 Å². The summed E-state index contributed by atoms with van der Waals surface area (Å²) >= 11 is 6.64. The number of halogens is 4. The first kappa shape index (κ1) is 13.4. The van der Waals surface area contributed by atoms with Crippen molar-refractivity contribution in [2.24, 2.45) is 5.73 Å². The van der Waals surface area contributed by atoms with Gasteiger partial charge < -0.3 is 5.73 Å². The third kappa shape index (κ3) is 3.54. The average Bonchev–Trinajstić information content (AvgIpc) is 2.08. The van der Waals surface area contributed by atoms with Crippen molar-refractivity contribution in [3.05, 3.63) is 32.7 Å². The van der Waals surface area contributed by atoms with E-state index in [-0.39, 0.29) is 12.4 Å². The van der Waals surface area contributed by atoms with E-state index < -0.39 is 12.7 Å². The molecule has 74 valence electrons. The van der Waals surface area contributed by atoms with E-state index in [2.05, 4.69) is 31.9 Å². The van der Waals surface area contributed by atoms with Crippen LogP contribution in [0.25, 0.3) is 0 Å². The van der Waals surface area contributed by atoms with E-state index >= 15 is 0 Å². The molecule has 1 nitrogen and oxygen atoms in total. The Bertz CT molecular complexity index is 283. The van der Waals surface area contributed by atoms with Gasteiger partial charge in [0.2, 0.25) is 0 Å². The predicted octanol–water partition coefficient (Wildman–Crippen LogP) is 3.60. The summed E-state index contributed by atoms with van der Waals surface area (Å²) < 4.78 is 14.0. The lowest BCUT2D eigenvalue weighted by molar-refractivity contribution is 0.437. The standard InChI is InChI=1S/C8H8Br2FN.ClH/c9-6-2-1-5(3-7(6)10)8(12)4-11;/h1-3,8H,4,12H2;1H/t8-;/m1./s1. The normalized spacial score (nSPS) is 12.0. The van der Waals surface area contributed by atoms with Gasteiger partial charge in [0.1, 0.15) is 6.67 Å². The van der Waals surface area contributed by atoms with Crippen LogP contribution in [0.3, 0.4) is 0 Å². The first-order valence-electron chi connectivity index (χ1n) is 3.41. The molecule has 0 unspecified atom stereocenters. The maximum atomic E-state index is 12.2. The van der Waals surface area contributed by atoms with Crippen molar-refractivity contribution in [1.29, 1.82) is 0 Å². The highest BCUT2D eigenvalue weighted by molar-refractivity contribution is 9.13. The molecule has 0 aliphatic carbocycles. The lowest BCUT2D eigenvalue weighted by Gasteiger charge is -2.07. The fourth-order valence-electron chi connectivity index (χ4n) is 0.832. The molecule has 0 aliphatic heterocycles. The quantitative estimate of drug-likeness (QED) is 0.879. The Labute approximate surface area is 99.6 Å². The second-order valence-corrected chi connectivity index (χ2v) is 4.14. The van der Waals surface area contributed by atoms with Crippen molar-refractivity contribution in [3.63, 3.8) is 0 Å². The van der Waals surface area contributed by atoms with Crippen LogP contribution in [0.5, 0.6) is 0 Å². The molecule has 13 heavy (non-hydrogen) atoms. The Morgan fingerprint density at radius 2 is 1.92 bits per heavy atom. The van der Waals surface area contributed by atoms with Crippen molar-refractivity contribution < 1.29 is 4.39 Å². The minimum absolute atomic E-state index is 0. The van der Waals surface area contributed by atoms with E-state index in [9.17, 15) is 4.39 Å². The largest absolute Gasteiger partial charge is 0.322 e. The number of nitrogens with two attached hydrogens (primary N) is 1. The van der Waals surface area contributed by atoms with Gasteiger partial charge >= 0.3 is 0 Å². The second kappa shape index (κ2) is 5.96. The van der Waals surface area contributed by atoms with E-state index in [0.717, 1.165) is 14.5 Å². The summed E-state index contributed by atoms with van der Waals surface area (Å²) in [6, 6.07) is 4.94. The van der Waals surface area contributed by atoms with Crippen LogP contribution >= 0.6 is 44.3 Å². The molecular weight excluding hydrogens is 324 g/mol. The maximum Gasteiger partial charge on any atom is 0.109 e. The first-order valence-corrected chi connectivity index (χ1v) is 5.00. The molecule has 1 atom stereocenters. The molecule has 5 heteroatoms. The molecule has 2 N–H and O–H groups in total. The summed E-state index contributed by atoms with van der Waals surface area (Å²) in [5.74, 6) is 0. The van der Waals surface area contributed by atoms with Crippen LogP contribution in [0.4, 0.5) is 4.39 Å². The molecule has 0 radical (unpaired) electrons. The van der Waals surface area contributed by atoms with Crippen LogP contribution in [-0.4, -0.2) is 6.67 Å². The molecule has 0 heterocycles.